The summed E-state index contributed by atoms with van der Waals surface area (Å²) in [5.41, 5.74) is 0. The first-order valence-corrected chi connectivity index (χ1v) is 6.13. The van der Waals surface area contributed by atoms with Gasteiger partial charge in [0.25, 0.3) is 0 Å². The van der Waals surface area contributed by atoms with Gasteiger partial charge in [-0.3, -0.25) is 4.79 Å². The molecule has 0 radical (unpaired) electrons. The van der Waals surface area contributed by atoms with Crippen molar-refractivity contribution in [1.29, 1.82) is 0 Å². The van der Waals surface area contributed by atoms with Crippen LogP contribution in [0.4, 0.5) is 0 Å². The van der Waals surface area contributed by atoms with Crippen molar-refractivity contribution >= 4 is 5.97 Å². The fourth-order valence-corrected chi connectivity index (χ4v) is 3.30. The van der Waals surface area contributed by atoms with Crippen molar-refractivity contribution < 1.29 is 14.3 Å². The fourth-order valence-electron chi connectivity index (χ4n) is 3.30. The molecule has 0 aromatic carbocycles. The summed E-state index contributed by atoms with van der Waals surface area (Å²) in [6, 6.07) is 0. The van der Waals surface area contributed by atoms with Crippen LogP contribution < -0.4 is 0 Å². The van der Waals surface area contributed by atoms with Gasteiger partial charge in [-0.05, 0) is 25.2 Å². The van der Waals surface area contributed by atoms with Gasteiger partial charge in [0.05, 0.1) is 24.7 Å². The first kappa shape index (κ1) is 9.64. The Morgan fingerprint density at radius 3 is 2.93 bits per heavy atom. The maximum absolute atomic E-state index is 11.8. The third-order valence-corrected chi connectivity index (χ3v) is 4.14. The lowest BCUT2D eigenvalue weighted by Crippen LogP contribution is -2.27. The second-order valence-corrected chi connectivity index (χ2v) is 5.09. The highest BCUT2D eigenvalue weighted by Gasteiger charge is 2.64. The van der Waals surface area contributed by atoms with Crippen LogP contribution in [0.1, 0.15) is 32.6 Å². The van der Waals surface area contributed by atoms with Crippen LogP contribution in [0.2, 0.25) is 0 Å². The highest BCUT2D eigenvalue weighted by atomic mass is 16.6. The Bertz CT molecular complexity index is 276. The molecule has 2 bridgehead atoms. The smallest absolute Gasteiger partial charge is 0.309 e. The molecule has 5 atom stereocenters. The number of unbranched alkanes of at least 4 members (excludes halogenated alkanes) is 1. The Morgan fingerprint density at radius 1 is 1.40 bits per heavy atom. The van der Waals surface area contributed by atoms with E-state index in [0.717, 1.165) is 19.3 Å². The SMILES string of the molecule is CCCCOC(=O)[C@H]1C[C@H]2C[C@@H]1[C@H]1O[C@H]21. The van der Waals surface area contributed by atoms with E-state index >= 15 is 0 Å². The molecule has 1 saturated heterocycles. The number of hydrogen-bond acceptors (Lipinski definition) is 3. The van der Waals surface area contributed by atoms with Crippen molar-refractivity contribution in [3.8, 4) is 0 Å². The average Bonchev–Trinajstić information content (AvgIpc) is 2.84. The Hall–Kier alpha value is -0.570. The molecule has 2 aliphatic carbocycles. The van der Waals surface area contributed by atoms with Gasteiger partial charge in [0.15, 0.2) is 0 Å². The summed E-state index contributed by atoms with van der Waals surface area (Å²) in [6.45, 7) is 2.70. The minimum Gasteiger partial charge on any atom is -0.465 e. The van der Waals surface area contributed by atoms with E-state index in [1.165, 1.54) is 6.42 Å². The molecule has 1 heterocycles. The van der Waals surface area contributed by atoms with E-state index in [2.05, 4.69) is 6.92 Å². The second-order valence-electron chi connectivity index (χ2n) is 5.09. The first-order chi connectivity index (χ1) is 7.31. The third-order valence-electron chi connectivity index (χ3n) is 4.14. The maximum atomic E-state index is 11.8. The number of epoxide rings is 1. The van der Waals surface area contributed by atoms with Gasteiger partial charge in [-0.1, -0.05) is 13.3 Å². The van der Waals surface area contributed by atoms with Crippen molar-refractivity contribution in [2.24, 2.45) is 17.8 Å². The highest BCUT2D eigenvalue weighted by molar-refractivity contribution is 5.74. The number of carbonyl (C=O) groups excluding carboxylic acids is 1. The maximum Gasteiger partial charge on any atom is 0.309 e. The summed E-state index contributed by atoms with van der Waals surface area (Å²) in [6.07, 6.45) is 5.19. The molecule has 3 rings (SSSR count). The van der Waals surface area contributed by atoms with Gasteiger partial charge in [-0.15, -0.1) is 0 Å². The molecule has 0 aromatic rings. The summed E-state index contributed by atoms with van der Waals surface area (Å²) in [5.74, 6) is 1.32. The molecule has 3 heteroatoms. The van der Waals surface area contributed by atoms with E-state index in [1.54, 1.807) is 0 Å². The van der Waals surface area contributed by atoms with Crippen molar-refractivity contribution in [3.05, 3.63) is 0 Å². The first-order valence-electron chi connectivity index (χ1n) is 6.13. The lowest BCUT2D eigenvalue weighted by atomic mass is 9.89. The van der Waals surface area contributed by atoms with E-state index in [-0.39, 0.29) is 11.9 Å². The zero-order valence-electron chi connectivity index (χ0n) is 9.15. The minimum absolute atomic E-state index is 0.0323. The van der Waals surface area contributed by atoms with E-state index in [4.69, 9.17) is 9.47 Å². The van der Waals surface area contributed by atoms with Gasteiger partial charge in [0.1, 0.15) is 0 Å². The number of esters is 1. The van der Waals surface area contributed by atoms with Gasteiger partial charge < -0.3 is 9.47 Å². The van der Waals surface area contributed by atoms with Gasteiger partial charge in [-0.25, -0.2) is 0 Å². The summed E-state index contributed by atoms with van der Waals surface area (Å²) >= 11 is 0. The zero-order valence-corrected chi connectivity index (χ0v) is 9.15. The van der Waals surface area contributed by atoms with E-state index < -0.39 is 0 Å². The molecular formula is C12H18O3. The standard InChI is InChI=1S/C12H18O3/c1-2-3-4-14-12(13)9-6-7-5-8(9)11-10(7)15-11/h7-11H,2-6H2,1H3/t7-,8+,9+,10-,11-/m1/s1. The van der Waals surface area contributed by atoms with Crippen LogP contribution in [-0.4, -0.2) is 24.8 Å². The van der Waals surface area contributed by atoms with Crippen molar-refractivity contribution in [2.45, 2.75) is 44.8 Å². The highest BCUT2D eigenvalue weighted by Crippen LogP contribution is 2.58. The topological polar surface area (TPSA) is 38.8 Å². The number of ether oxygens (including phenoxy) is 2. The molecule has 3 nitrogen and oxygen atoms in total. The number of rotatable bonds is 4. The normalized spacial score (nSPS) is 45.3. The molecule has 3 fully saturated rings. The Balaban J connectivity index is 1.53. The number of fused-ring (bicyclic) bond motifs is 5. The molecule has 0 amide bonds. The van der Waals surface area contributed by atoms with Crippen molar-refractivity contribution in [2.75, 3.05) is 6.61 Å². The van der Waals surface area contributed by atoms with Crippen LogP contribution in [0.3, 0.4) is 0 Å². The van der Waals surface area contributed by atoms with Gasteiger partial charge in [-0.2, -0.15) is 0 Å². The Morgan fingerprint density at radius 2 is 2.27 bits per heavy atom. The van der Waals surface area contributed by atoms with Crippen LogP contribution in [0.15, 0.2) is 0 Å². The quantitative estimate of drug-likeness (QED) is 0.403. The molecular weight excluding hydrogens is 192 g/mol. The van der Waals surface area contributed by atoms with Crippen molar-refractivity contribution in [1.82, 2.24) is 0 Å². The van der Waals surface area contributed by atoms with Crippen LogP contribution >= 0.6 is 0 Å². The molecule has 15 heavy (non-hydrogen) atoms. The Kier molecular flexibility index (Phi) is 2.23. The summed E-state index contributed by atoms with van der Waals surface area (Å²) in [7, 11) is 0. The fraction of sp³-hybridized carbons (Fsp3) is 0.917. The van der Waals surface area contributed by atoms with Crippen LogP contribution in [-0.2, 0) is 14.3 Å². The van der Waals surface area contributed by atoms with E-state index in [0.29, 0.717) is 30.7 Å². The number of hydrogen-bond donors (Lipinski definition) is 0. The van der Waals surface area contributed by atoms with Crippen molar-refractivity contribution in [3.63, 3.8) is 0 Å². The second kappa shape index (κ2) is 3.48. The van der Waals surface area contributed by atoms with E-state index in [1.807, 2.05) is 0 Å². The molecule has 1 aliphatic heterocycles. The molecule has 3 aliphatic rings. The summed E-state index contributed by atoms with van der Waals surface area (Å²) in [5, 5.41) is 0. The summed E-state index contributed by atoms with van der Waals surface area (Å²) in [4.78, 5) is 11.8. The van der Waals surface area contributed by atoms with E-state index in [9.17, 15) is 4.79 Å². The monoisotopic (exact) mass is 210 g/mol. The zero-order chi connectivity index (χ0) is 10.4. The van der Waals surface area contributed by atoms with Crippen LogP contribution in [0.25, 0.3) is 0 Å². The lowest BCUT2D eigenvalue weighted by Gasteiger charge is -2.17. The Labute approximate surface area is 90.1 Å². The van der Waals surface area contributed by atoms with Crippen LogP contribution in [0, 0.1) is 17.8 Å². The van der Waals surface area contributed by atoms with Gasteiger partial charge in [0.2, 0.25) is 0 Å². The average molecular weight is 210 g/mol. The molecule has 0 spiro atoms. The predicted octanol–water partition coefficient (Wildman–Crippen LogP) is 1.75. The van der Waals surface area contributed by atoms with Crippen LogP contribution in [0.5, 0.6) is 0 Å². The third kappa shape index (κ3) is 1.48. The van der Waals surface area contributed by atoms with Gasteiger partial charge >= 0.3 is 5.97 Å². The molecule has 0 aromatic heterocycles. The minimum atomic E-state index is 0.0323. The molecule has 0 unspecified atom stereocenters. The molecule has 2 saturated carbocycles. The largest absolute Gasteiger partial charge is 0.465 e. The van der Waals surface area contributed by atoms with Gasteiger partial charge in [0, 0.05) is 5.92 Å². The molecule has 84 valence electrons. The predicted molar refractivity (Wildman–Crippen MR) is 54.2 cm³/mol. The summed E-state index contributed by atoms with van der Waals surface area (Å²) < 4.78 is 10.8. The lowest BCUT2D eigenvalue weighted by molar-refractivity contribution is -0.150. The number of carbonyl (C=O) groups is 1. The molecule has 0 N–H and O–H groups in total.